The fourth-order valence-corrected chi connectivity index (χ4v) is 3.11. The first-order valence-corrected chi connectivity index (χ1v) is 7.59. The first-order valence-electron chi connectivity index (χ1n) is 6.79. The molecule has 1 saturated heterocycles. The first-order chi connectivity index (χ1) is 9.21. The Morgan fingerprint density at radius 3 is 2.95 bits per heavy atom. The van der Waals surface area contributed by atoms with Crippen molar-refractivity contribution in [2.24, 2.45) is 0 Å². The summed E-state index contributed by atoms with van der Waals surface area (Å²) in [5.41, 5.74) is 2.28. The van der Waals surface area contributed by atoms with Crippen molar-refractivity contribution in [3.8, 4) is 6.07 Å². The van der Waals surface area contributed by atoms with Crippen LogP contribution in [0.4, 0.5) is 0 Å². The van der Waals surface area contributed by atoms with Crippen LogP contribution in [0.15, 0.2) is 4.47 Å². The minimum atomic E-state index is -0.0501. The van der Waals surface area contributed by atoms with Gasteiger partial charge in [-0.15, -0.1) is 0 Å². The van der Waals surface area contributed by atoms with Crippen LogP contribution in [-0.2, 0) is 19.5 Å². The van der Waals surface area contributed by atoms with Gasteiger partial charge in [-0.1, -0.05) is 6.92 Å². The first kappa shape index (κ1) is 14.5. The Bertz CT molecular complexity index is 476. The Morgan fingerprint density at radius 2 is 2.32 bits per heavy atom. The van der Waals surface area contributed by atoms with E-state index < -0.39 is 0 Å². The van der Waals surface area contributed by atoms with E-state index in [1.807, 2.05) is 4.68 Å². The molecule has 2 heterocycles. The van der Waals surface area contributed by atoms with Crippen LogP contribution in [0.25, 0.3) is 0 Å². The summed E-state index contributed by atoms with van der Waals surface area (Å²) in [6.45, 7) is 8.44. The zero-order chi connectivity index (χ0) is 13.8. The predicted molar refractivity (Wildman–Crippen MR) is 77.7 cm³/mol. The largest absolute Gasteiger partial charge is 0.313 e. The van der Waals surface area contributed by atoms with Gasteiger partial charge in [-0.2, -0.15) is 10.4 Å². The van der Waals surface area contributed by atoms with E-state index in [-0.39, 0.29) is 6.04 Å². The molecule has 0 amide bonds. The number of nitrogens with one attached hydrogen (secondary N) is 1. The van der Waals surface area contributed by atoms with Crippen LogP contribution >= 0.6 is 15.9 Å². The summed E-state index contributed by atoms with van der Waals surface area (Å²) < 4.78 is 3.14. The number of aromatic nitrogens is 2. The maximum Gasteiger partial charge on any atom is 0.111 e. The molecule has 0 aromatic carbocycles. The molecule has 2 rings (SSSR count). The molecule has 0 spiro atoms. The number of rotatable bonds is 4. The fraction of sp³-hybridized carbons (Fsp3) is 0.692. The van der Waals surface area contributed by atoms with Crippen molar-refractivity contribution >= 4 is 15.9 Å². The highest BCUT2D eigenvalue weighted by molar-refractivity contribution is 9.10. The van der Waals surface area contributed by atoms with E-state index in [2.05, 4.69) is 51.2 Å². The molecule has 1 fully saturated rings. The van der Waals surface area contributed by atoms with Crippen molar-refractivity contribution in [3.05, 3.63) is 15.9 Å². The molecule has 1 atom stereocenters. The average Bonchev–Trinajstić information content (AvgIpc) is 2.76. The normalized spacial score (nSPS) is 20.4. The Morgan fingerprint density at radius 1 is 1.53 bits per heavy atom. The molecule has 0 aliphatic carbocycles. The van der Waals surface area contributed by atoms with E-state index in [4.69, 9.17) is 0 Å². The highest BCUT2D eigenvalue weighted by Crippen LogP contribution is 2.24. The van der Waals surface area contributed by atoms with Crippen molar-refractivity contribution in [1.29, 1.82) is 5.26 Å². The number of piperazine rings is 1. The van der Waals surface area contributed by atoms with Crippen LogP contribution in [0.3, 0.4) is 0 Å². The van der Waals surface area contributed by atoms with Crippen LogP contribution in [0.1, 0.15) is 25.2 Å². The predicted octanol–water partition coefficient (Wildman–Crippen LogP) is 1.53. The average molecular weight is 326 g/mol. The Labute approximate surface area is 122 Å². The lowest BCUT2D eigenvalue weighted by Crippen LogP contribution is -2.50. The summed E-state index contributed by atoms with van der Waals surface area (Å²) in [6, 6.07) is 2.32. The summed E-state index contributed by atoms with van der Waals surface area (Å²) in [5.74, 6) is 0. The Hall–Kier alpha value is -0.900. The molecule has 1 aromatic rings. The van der Waals surface area contributed by atoms with Gasteiger partial charge in [0, 0.05) is 32.7 Å². The van der Waals surface area contributed by atoms with Gasteiger partial charge in [0.25, 0.3) is 0 Å². The number of hydrogen-bond acceptors (Lipinski definition) is 4. The van der Waals surface area contributed by atoms with E-state index in [1.165, 1.54) is 5.69 Å². The molecule has 0 bridgehead atoms. The van der Waals surface area contributed by atoms with Crippen LogP contribution < -0.4 is 5.32 Å². The third-order valence-electron chi connectivity index (χ3n) is 3.55. The topological polar surface area (TPSA) is 56.9 Å². The molecule has 0 radical (unpaired) electrons. The monoisotopic (exact) mass is 325 g/mol. The lowest BCUT2D eigenvalue weighted by molar-refractivity contribution is 0.184. The van der Waals surface area contributed by atoms with Gasteiger partial charge in [0.15, 0.2) is 0 Å². The summed E-state index contributed by atoms with van der Waals surface area (Å²) in [6.07, 6.45) is 0.920. The van der Waals surface area contributed by atoms with E-state index in [1.54, 1.807) is 0 Å². The molecule has 1 aromatic heterocycles. The standard InChI is InChI=1S/C13H20BrN5/c1-3-11-13(14)12(19(4-2)17-11)9-18-6-5-16-8-10(18)7-15/h10,16H,3-6,8-9H2,1-2H3. The summed E-state index contributed by atoms with van der Waals surface area (Å²) in [7, 11) is 0. The maximum atomic E-state index is 9.22. The van der Waals surface area contributed by atoms with Gasteiger partial charge in [0.1, 0.15) is 6.04 Å². The van der Waals surface area contributed by atoms with Crippen LogP contribution in [0, 0.1) is 11.3 Å². The molecule has 19 heavy (non-hydrogen) atoms. The number of hydrogen-bond donors (Lipinski definition) is 1. The van der Waals surface area contributed by atoms with Crippen molar-refractivity contribution in [3.63, 3.8) is 0 Å². The molecule has 0 saturated carbocycles. The quantitative estimate of drug-likeness (QED) is 0.912. The van der Waals surface area contributed by atoms with Crippen LogP contribution in [-0.4, -0.2) is 40.4 Å². The zero-order valence-corrected chi connectivity index (χ0v) is 13.1. The van der Waals surface area contributed by atoms with E-state index in [9.17, 15) is 5.26 Å². The lowest BCUT2D eigenvalue weighted by Gasteiger charge is -2.31. The molecule has 1 aliphatic heterocycles. The third kappa shape index (κ3) is 2.99. The lowest BCUT2D eigenvalue weighted by atomic mass is 10.2. The molecule has 104 valence electrons. The zero-order valence-electron chi connectivity index (χ0n) is 11.5. The van der Waals surface area contributed by atoms with Gasteiger partial charge in [0.05, 0.1) is 21.9 Å². The van der Waals surface area contributed by atoms with Gasteiger partial charge in [-0.25, -0.2) is 0 Å². The number of aryl methyl sites for hydroxylation is 2. The summed E-state index contributed by atoms with van der Waals surface area (Å²) in [5, 5.41) is 17.1. The van der Waals surface area contributed by atoms with Gasteiger partial charge in [-0.05, 0) is 29.3 Å². The van der Waals surface area contributed by atoms with Gasteiger partial charge < -0.3 is 5.32 Å². The molecule has 5 nitrogen and oxygen atoms in total. The SMILES string of the molecule is CCc1nn(CC)c(CN2CCNCC2C#N)c1Br. The van der Waals surface area contributed by atoms with E-state index >= 15 is 0 Å². The molecule has 1 N–H and O–H groups in total. The number of nitriles is 1. The number of halogens is 1. The molecule has 1 aliphatic rings. The van der Waals surface area contributed by atoms with Crippen molar-refractivity contribution < 1.29 is 0 Å². The van der Waals surface area contributed by atoms with Gasteiger partial charge in [-0.3, -0.25) is 9.58 Å². The van der Waals surface area contributed by atoms with Crippen LogP contribution in [0.2, 0.25) is 0 Å². The summed E-state index contributed by atoms with van der Waals surface area (Å²) in [4.78, 5) is 2.23. The third-order valence-corrected chi connectivity index (χ3v) is 4.47. The molecular weight excluding hydrogens is 306 g/mol. The smallest absolute Gasteiger partial charge is 0.111 e. The van der Waals surface area contributed by atoms with Crippen molar-refractivity contribution in [1.82, 2.24) is 20.0 Å². The highest BCUT2D eigenvalue weighted by atomic mass is 79.9. The molecule has 1 unspecified atom stereocenters. The van der Waals surface area contributed by atoms with Gasteiger partial charge >= 0.3 is 0 Å². The van der Waals surface area contributed by atoms with Crippen molar-refractivity contribution in [2.75, 3.05) is 19.6 Å². The Kier molecular flexibility index (Phi) is 4.97. The van der Waals surface area contributed by atoms with Crippen molar-refractivity contribution in [2.45, 2.75) is 39.4 Å². The second-order valence-corrected chi connectivity index (χ2v) is 5.49. The maximum absolute atomic E-state index is 9.22. The Balaban J connectivity index is 2.22. The van der Waals surface area contributed by atoms with E-state index in [0.29, 0.717) is 0 Å². The molecular formula is C13H20BrN5. The van der Waals surface area contributed by atoms with E-state index in [0.717, 1.165) is 49.3 Å². The minimum absolute atomic E-state index is 0.0501. The number of nitrogens with zero attached hydrogens (tertiary/aromatic N) is 4. The molecule has 6 heteroatoms. The fourth-order valence-electron chi connectivity index (χ4n) is 2.42. The van der Waals surface area contributed by atoms with Crippen LogP contribution in [0.5, 0.6) is 0 Å². The summed E-state index contributed by atoms with van der Waals surface area (Å²) >= 11 is 3.66. The second-order valence-electron chi connectivity index (χ2n) is 4.70. The van der Waals surface area contributed by atoms with Gasteiger partial charge in [0.2, 0.25) is 0 Å². The highest BCUT2D eigenvalue weighted by Gasteiger charge is 2.24. The minimum Gasteiger partial charge on any atom is -0.313 e. The second kappa shape index (κ2) is 6.51.